The molecular formula is C22H23N3O2S. The molecule has 1 amide bonds. The average molecular weight is 394 g/mol. The van der Waals surface area contributed by atoms with Crippen LogP contribution in [0.2, 0.25) is 0 Å². The van der Waals surface area contributed by atoms with E-state index in [9.17, 15) is 4.79 Å². The van der Waals surface area contributed by atoms with Gasteiger partial charge in [0.1, 0.15) is 0 Å². The summed E-state index contributed by atoms with van der Waals surface area (Å²) in [5.74, 6) is 0.624. The van der Waals surface area contributed by atoms with Gasteiger partial charge in [0.25, 0.3) is 5.91 Å². The maximum atomic E-state index is 12.6. The lowest BCUT2D eigenvalue weighted by atomic mass is 10.1. The Morgan fingerprint density at radius 1 is 1.25 bits per heavy atom. The number of benzene rings is 2. The molecule has 1 N–H and O–H groups in total. The molecule has 1 aliphatic rings. The Labute approximate surface area is 169 Å². The van der Waals surface area contributed by atoms with E-state index < -0.39 is 0 Å². The van der Waals surface area contributed by atoms with Gasteiger partial charge in [-0.25, -0.2) is 4.98 Å². The number of hydrogen-bond donors (Lipinski definition) is 1. The van der Waals surface area contributed by atoms with Crippen LogP contribution in [0.25, 0.3) is 5.69 Å². The number of nitrogens with zero attached hydrogens (tertiary/aromatic N) is 2. The van der Waals surface area contributed by atoms with Crippen LogP contribution in [0.1, 0.15) is 28.8 Å². The van der Waals surface area contributed by atoms with Gasteiger partial charge < -0.3 is 10.1 Å². The molecule has 1 heterocycles. The third-order valence-electron chi connectivity index (χ3n) is 4.70. The molecule has 5 nitrogen and oxygen atoms in total. The number of carbonyl (C=O) groups is 1. The largest absolute Gasteiger partial charge is 0.376 e. The lowest BCUT2D eigenvalue weighted by Crippen LogP contribution is -2.12. The lowest BCUT2D eigenvalue weighted by molar-refractivity contribution is 0.102. The lowest BCUT2D eigenvalue weighted by Gasteiger charge is -2.10. The van der Waals surface area contributed by atoms with Gasteiger partial charge in [0.05, 0.1) is 6.61 Å². The topological polar surface area (TPSA) is 56.2 Å². The molecule has 6 heteroatoms. The monoisotopic (exact) mass is 393 g/mol. The highest BCUT2D eigenvalue weighted by molar-refractivity contribution is 7.98. The second-order valence-corrected chi connectivity index (χ2v) is 7.72. The van der Waals surface area contributed by atoms with E-state index in [1.807, 2.05) is 65.6 Å². The molecule has 0 radical (unpaired) electrons. The highest BCUT2D eigenvalue weighted by Crippen LogP contribution is 2.29. The minimum absolute atomic E-state index is 0.127. The van der Waals surface area contributed by atoms with Crippen LogP contribution in [0.15, 0.2) is 66.1 Å². The predicted octanol–water partition coefficient (Wildman–Crippen LogP) is 4.77. The van der Waals surface area contributed by atoms with Gasteiger partial charge in [0.15, 0.2) is 5.16 Å². The van der Waals surface area contributed by atoms with E-state index >= 15 is 0 Å². The second-order valence-electron chi connectivity index (χ2n) is 6.94. The van der Waals surface area contributed by atoms with Crippen LogP contribution in [0, 0.1) is 5.92 Å². The maximum absolute atomic E-state index is 12.6. The molecule has 2 aromatic carbocycles. The summed E-state index contributed by atoms with van der Waals surface area (Å²) in [6.45, 7) is 1.41. The van der Waals surface area contributed by atoms with Crippen LogP contribution in [0.5, 0.6) is 0 Å². The van der Waals surface area contributed by atoms with Gasteiger partial charge in [0, 0.05) is 35.9 Å². The van der Waals surface area contributed by atoms with Gasteiger partial charge in [-0.2, -0.15) is 0 Å². The van der Waals surface area contributed by atoms with Gasteiger partial charge >= 0.3 is 0 Å². The van der Waals surface area contributed by atoms with Crippen molar-refractivity contribution in [3.63, 3.8) is 0 Å². The molecule has 1 fully saturated rings. The molecule has 0 saturated heterocycles. The number of carbonyl (C=O) groups excluding carboxylic acids is 1. The molecule has 0 bridgehead atoms. The zero-order valence-corrected chi connectivity index (χ0v) is 16.6. The molecule has 144 valence electrons. The zero-order valence-electron chi connectivity index (χ0n) is 15.8. The SMILES string of the molecule is CSc1nccn1-c1ccc(C(=O)Nc2cccc(COCC3CC3)c2)cc1. The molecule has 3 aromatic rings. The first-order valence-electron chi connectivity index (χ1n) is 9.39. The van der Waals surface area contributed by atoms with Crippen LogP contribution < -0.4 is 5.32 Å². The fourth-order valence-corrected chi connectivity index (χ4v) is 3.51. The van der Waals surface area contributed by atoms with E-state index in [4.69, 9.17) is 4.74 Å². The normalized spacial score (nSPS) is 13.5. The first kappa shape index (κ1) is 18.8. The van der Waals surface area contributed by atoms with Crippen molar-refractivity contribution < 1.29 is 9.53 Å². The van der Waals surface area contributed by atoms with Crippen LogP contribution >= 0.6 is 11.8 Å². The Hall–Kier alpha value is -2.57. The van der Waals surface area contributed by atoms with Crippen molar-refractivity contribution in [1.29, 1.82) is 0 Å². The Balaban J connectivity index is 1.39. The van der Waals surface area contributed by atoms with Gasteiger partial charge in [0.2, 0.25) is 0 Å². The molecule has 0 spiro atoms. The summed E-state index contributed by atoms with van der Waals surface area (Å²) in [6.07, 6.45) is 8.25. The van der Waals surface area contributed by atoms with E-state index in [0.717, 1.165) is 34.6 Å². The van der Waals surface area contributed by atoms with E-state index in [0.29, 0.717) is 12.2 Å². The number of imidazole rings is 1. The van der Waals surface area contributed by atoms with Crippen molar-refractivity contribution in [2.24, 2.45) is 5.92 Å². The smallest absolute Gasteiger partial charge is 0.255 e. The number of anilines is 1. The second kappa shape index (κ2) is 8.63. The van der Waals surface area contributed by atoms with Crippen LogP contribution in [0.3, 0.4) is 0 Å². The fraction of sp³-hybridized carbons (Fsp3) is 0.273. The first-order chi connectivity index (χ1) is 13.7. The molecule has 28 heavy (non-hydrogen) atoms. The van der Waals surface area contributed by atoms with Crippen molar-refractivity contribution in [3.8, 4) is 5.69 Å². The highest BCUT2D eigenvalue weighted by atomic mass is 32.2. The average Bonchev–Trinajstić information content (AvgIpc) is 3.42. The summed E-state index contributed by atoms with van der Waals surface area (Å²) in [4.78, 5) is 16.9. The summed E-state index contributed by atoms with van der Waals surface area (Å²) >= 11 is 1.58. The van der Waals surface area contributed by atoms with Crippen LogP contribution in [-0.4, -0.2) is 28.3 Å². The van der Waals surface area contributed by atoms with Crippen molar-refractivity contribution in [1.82, 2.24) is 9.55 Å². The Kier molecular flexibility index (Phi) is 5.78. The first-order valence-corrected chi connectivity index (χ1v) is 10.6. The molecular weight excluding hydrogens is 370 g/mol. The maximum Gasteiger partial charge on any atom is 0.255 e. The van der Waals surface area contributed by atoms with Gasteiger partial charge in [-0.3, -0.25) is 9.36 Å². The van der Waals surface area contributed by atoms with Gasteiger partial charge in [-0.1, -0.05) is 23.9 Å². The van der Waals surface area contributed by atoms with E-state index in [1.54, 1.807) is 18.0 Å². The molecule has 1 saturated carbocycles. The van der Waals surface area contributed by atoms with Crippen molar-refractivity contribution in [3.05, 3.63) is 72.1 Å². The number of aromatic nitrogens is 2. The summed E-state index contributed by atoms with van der Waals surface area (Å²) in [5.41, 5.74) is 3.44. The van der Waals surface area contributed by atoms with Crippen molar-refractivity contribution >= 4 is 23.4 Å². The van der Waals surface area contributed by atoms with Crippen molar-refractivity contribution in [2.45, 2.75) is 24.6 Å². The molecule has 4 rings (SSSR count). The highest BCUT2D eigenvalue weighted by Gasteiger charge is 2.21. The minimum Gasteiger partial charge on any atom is -0.376 e. The number of rotatable bonds is 8. The third-order valence-corrected chi connectivity index (χ3v) is 5.37. The summed E-state index contributed by atoms with van der Waals surface area (Å²) in [5, 5.41) is 3.88. The summed E-state index contributed by atoms with van der Waals surface area (Å²) in [7, 11) is 0. The fourth-order valence-electron chi connectivity index (χ4n) is 2.98. The number of amides is 1. The van der Waals surface area contributed by atoms with E-state index in [1.165, 1.54) is 12.8 Å². The number of thioether (sulfide) groups is 1. The van der Waals surface area contributed by atoms with Gasteiger partial charge in [-0.15, -0.1) is 0 Å². The Bertz CT molecular complexity index is 948. The third kappa shape index (κ3) is 4.64. The molecule has 0 unspecified atom stereocenters. The van der Waals surface area contributed by atoms with E-state index in [2.05, 4.69) is 10.3 Å². The Morgan fingerprint density at radius 3 is 2.82 bits per heavy atom. The summed E-state index contributed by atoms with van der Waals surface area (Å²) in [6, 6.07) is 15.3. The standard InChI is InChI=1S/C22H23N3O2S/c1-28-22-23-11-12-25(22)20-9-7-18(8-10-20)21(26)24-19-4-2-3-17(13-19)15-27-14-16-5-6-16/h2-4,7-13,16H,5-6,14-15H2,1H3,(H,24,26). The molecule has 1 aliphatic carbocycles. The predicted molar refractivity (Wildman–Crippen MR) is 112 cm³/mol. The quantitative estimate of drug-likeness (QED) is 0.560. The van der Waals surface area contributed by atoms with Crippen LogP contribution in [-0.2, 0) is 11.3 Å². The van der Waals surface area contributed by atoms with Crippen LogP contribution in [0.4, 0.5) is 5.69 Å². The number of nitrogens with one attached hydrogen (secondary N) is 1. The summed E-state index contributed by atoms with van der Waals surface area (Å²) < 4.78 is 7.73. The number of hydrogen-bond acceptors (Lipinski definition) is 4. The minimum atomic E-state index is -0.127. The van der Waals surface area contributed by atoms with Crippen molar-refractivity contribution in [2.75, 3.05) is 18.2 Å². The molecule has 0 atom stereocenters. The zero-order chi connectivity index (χ0) is 19.3. The van der Waals surface area contributed by atoms with Gasteiger partial charge in [-0.05, 0) is 67.0 Å². The van der Waals surface area contributed by atoms with E-state index in [-0.39, 0.29) is 5.91 Å². The number of ether oxygens (including phenoxy) is 1. The molecule has 1 aromatic heterocycles. The molecule has 0 aliphatic heterocycles. The Morgan fingerprint density at radius 2 is 2.07 bits per heavy atom.